The van der Waals surface area contributed by atoms with Gasteiger partial charge in [-0.05, 0) is 45.8 Å². The number of hydrogen-bond acceptors (Lipinski definition) is 0. The average Bonchev–Trinajstić information content (AvgIpc) is 2.63. The Labute approximate surface area is 99.3 Å². The second kappa shape index (κ2) is 8.75. The van der Waals surface area contributed by atoms with Gasteiger partial charge in [0.25, 0.3) is 0 Å². The van der Waals surface area contributed by atoms with Crippen LogP contribution in [-0.2, 0) is 6.42 Å². The fourth-order valence-corrected chi connectivity index (χ4v) is 8.66. The number of unbranched alkanes of at least 4 members (excludes halogenated alkanes) is 6. The highest BCUT2D eigenvalue weighted by Crippen LogP contribution is 2.41. The van der Waals surface area contributed by atoms with Crippen LogP contribution in [0.25, 0.3) is 0 Å². The molecule has 0 aliphatic rings. The van der Waals surface area contributed by atoms with Gasteiger partial charge in [-0.3, -0.25) is 0 Å². The normalized spacial score (nSPS) is 12.4. The van der Waals surface area contributed by atoms with Gasteiger partial charge in [0, 0.05) is 0 Å². The second-order valence-corrected chi connectivity index (χ2v) is 9.84. The van der Waals surface area contributed by atoms with Crippen LogP contribution in [0.1, 0.15) is 62.5 Å². The first-order chi connectivity index (χ1) is 7.34. The van der Waals surface area contributed by atoms with Gasteiger partial charge in [-0.1, -0.05) is 45.4 Å². The molecule has 0 aromatic carbocycles. The molecule has 0 N–H and O–H groups in total. The molecule has 0 amide bonds. The molecule has 0 nitrogen and oxygen atoms in total. The van der Waals surface area contributed by atoms with Gasteiger partial charge < -0.3 is 0 Å². The van der Waals surface area contributed by atoms with E-state index in [0.717, 1.165) is 7.87 Å². The highest BCUT2D eigenvalue weighted by molar-refractivity contribution is 8.17. The summed E-state index contributed by atoms with van der Waals surface area (Å²) in [6.45, 7) is 4.62. The van der Waals surface area contributed by atoms with Crippen molar-refractivity contribution in [3.8, 4) is 0 Å². The monoisotopic (exact) mass is 260 g/mol. The van der Waals surface area contributed by atoms with Crippen molar-refractivity contribution in [1.29, 1.82) is 0 Å². The lowest BCUT2D eigenvalue weighted by atomic mass is 10.1. The molecule has 0 fully saturated rings. The van der Waals surface area contributed by atoms with Crippen LogP contribution in [0.3, 0.4) is 0 Å². The summed E-state index contributed by atoms with van der Waals surface area (Å²) in [6.07, 6.45) is 11.5. The molecule has 3 heteroatoms. The Kier molecular flexibility index (Phi) is 8.00. The lowest BCUT2D eigenvalue weighted by Gasteiger charge is -2.01. The van der Waals surface area contributed by atoms with Gasteiger partial charge in [-0.25, -0.2) is 0 Å². The van der Waals surface area contributed by atoms with Gasteiger partial charge >= 0.3 is 0 Å². The highest BCUT2D eigenvalue weighted by Gasteiger charge is 1.99. The van der Waals surface area contributed by atoms with Crippen LogP contribution >= 0.6 is 23.3 Å². The van der Waals surface area contributed by atoms with E-state index in [1.54, 1.807) is 26.0 Å². The lowest BCUT2D eigenvalue weighted by molar-refractivity contribution is 0.590. The number of aryl methyl sites for hydroxylation is 2. The molecule has 0 aliphatic carbocycles. The minimum atomic E-state index is 1.11. The Morgan fingerprint density at radius 3 is 2.27 bits per heavy atom. The van der Waals surface area contributed by atoms with Gasteiger partial charge in [-0.15, -0.1) is 7.87 Å². The standard InChI is InChI=1S/C12H23P3/c1-3-4-5-6-7-8-9-10-12-11(2)13-15-14-12/h13H,3-10H2,1-2H3. The summed E-state index contributed by atoms with van der Waals surface area (Å²) in [6, 6.07) is 0. The molecule has 0 radical (unpaired) electrons. The zero-order valence-corrected chi connectivity index (χ0v) is 12.8. The SMILES string of the molecule is CCCCCCCCCc1pp[pH]c1C. The fraction of sp³-hybridized carbons (Fsp3) is 0.833. The molecule has 0 bridgehead atoms. The molecule has 15 heavy (non-hydrogen) atoms. The van der Waals surface area contributed by atoms with Gasteiger partial charge in [0.2, 0.25) is 0 Å². The van der Waals surface area contributed by atoms with Crippen molar-refractivity contribution in [3.05, 3.63) is 10.6 Å². The fourth-order valence-electron chi connectivity index (χ4n) is 1.79. The second-order valence-electron chi connectivity index (χ2n) is 4.25. The highest BCUT2D eigenvalue weighted by atomic mass is 32.1. The Hall–Kier alpha value is 0.640. The smallest absolute Gasteiger partial charge is 0.00883 e. The predicted molar refractivity (Wildman–Crippen MR) is 77.4 cm³/mol. The van der Waals surface area contributed by atoms with Crippen LogP contribution in [0.15, 0.2) is 0 Å². The molecule has 0 aliphatic heterocycles. The van der Waals surface area contributed by atoms with E-state index in [1.807, 2.05) is 0 Å². The molecular formula is C12H23P3. The average molecular weight is 260 g/mol. The zero-order chi connectivity index (χ0) is 10.9. The van der Waals surface area contributed by atoms with E-state index in [1.165, 1.54) is 51.4 Å². The van der Waals surface area contributed by atoms with Gasteiger partial charge in [0.1, 0.15) is 0 Å². The third-order valence-electron chi connectivity index (χ3n) is 2.84. The largest absolute Gasteiger partial charge is 0.102 e. The quantitative estimate of drug-likeness (QED) is 0.469. The Morgan fingerprint density at radius 2 is 1.67 bits per heavy atom. The van der Waals surface area contributed by atoms with Crippen molar-refractivity contribution in [2.24, 2.45) is 0 Å². The first-order valence-corrected chi connectivity index (χ1v) is 10.5. The van der Waals surface area contributed by atoms with Crippen LogP contribution in [-0.4, -0.2) is 0 Å². The Balaban J connectivity index is 1.96. The van der Waals surface area contributed by atoms with Gasteiger partial charge in [0.15, 0.2) is 0 Å². The van der Waals surface area contributed by atoms with Crippen LogP contribution in [0, 0.1) is 6.92 Å². The minimum absolute atomic E-state index is 1.11. The van der Waals surface area contributed by atoms with E-state index in [2.05, 4.69) is 13.8 Å². The van der Waals surface area contributed by atoms with E-state index in [9.17, 15) is 0 Å². The maximum atomic E-state index is 2.34. The van der Waals surface area contributed by atoms with E-state index in [-0.39, 0.29) is 0 Å². The maximum Gasteiger partial charge on any atom is -0.00883 e. The van der Waals surface area contributed by atoms with Crippen molar-refractivity contribution in [2.75, 3.05) is 0 Å². The van der Waals surface area contributed by atoms with Gasteiger partial charge in [0.05, 0.1) is 0 Å². The molecule has 1 aromatic rings. The molecule has 1 heterocycles. The topological polar surface area (TPSA) is 0 Å². The summed E-state index contributed by atoms with van der Waals surface area (Å²) in [5, 5.41) is 3.48. The molecule has 1 rings (SSSR count). The van der Waals surface area contributed by atoms with E-state index in [4.69, 9.17) is 0 Å². The summed E-state index contributed by atoms with van der Waals surface area (Å²) in [5.74, 6) is 0. The minimum Gasteiger partial charge on any atom is -0.102 e. The molecule has 86 valence electrons. The molecule has 0 saturated heterocycles. The zero-order valence-electron chi connectivity index (χ0n) is 10.1. The van der Waals surface area contributed by atoms with Gasteiger partial charge in [-0.2, -0.15) is 0 Å². The molecule has 0 spiro atoms. The predicted octanol–water partition coefficient (Wildman–Crippen LogP) is 6.48. The summed E-state index contributed by atoms with van der Waals surface area (Å²) >= 11 is 0. The third-order valence-corrected chi connectivity index (χ3v) is 8.82. The summed E-state index contributed by atoms with van der Waals surface area (Å²) in [4.78, 5) is 0. The molecule has 0 saturated carbocycles. The molecule has 1 unspecified atom stereocenters. The third kappa shape index (κ3) is 6.06. The Bertz CT molecular complexity index is 255. The van der Waals surface area contributed by atoms with Crippen molar-refractivity contribution < 1.29 is 0 Å². The van der Waals surface area contributed by atoms with Crippen LogP contribution < -0.4 is 0 Å². The molecular weight excluding hydrogens is 237 g/mol. The number of rotatable bonds is 8. The van der Waals surface area contributed by atoms with E-state index < -0.39 is 0 Å². The summed E-state index contributed by atoms with van der Waals surface area (Å²) < 4.78 is 0. The first kappa shape index (κ1) is 13.7. The number of hydrogen-bond donors (Lipinski definition) is 0. The van der Waals surface area contributed by atoms with Crippen molar-refractivity contribution in [1.82, 2.24) is 0 Å². The van der Waals surface area contributed by atoms with E-state index in [0.29, 0.717) is 0 Å². The summed E-state index contributed by atoms with van der Waals surface area (Å²) in [7, 11) is 4.39. The molecule has 1 atom stereocenters. The molecule has 1 aromatic heterocycles. The first-order valence-electron chi connectivity index (χ1n) is 6.21. The summed E-state index contributed by atoms with van der Waals surface area (Å²) in [5.41, 5.74) is 0. The Morgan fingerprint density at radius 1 is 1.00 bits per heavy atom. The van der Waals surface area contributed by atoms with Crippen molar-refractivity contribution >= 4 is 23.3 Å². The van der Waals surface area contributed by atoms with Crippen LogP contribution in [0.4, 0.5) is 0 Å². The lowest BCUT2D eigenvalue weighted by Crippen LogP contribution is -1.84. The maximum absolute atomic E-state index is 2.34. The van der Waals surface area contributed by atoms with Crippen molar-refractivity contribution in [2.45, 2.75) is 65.2 Å². The van der Waals surface area contributed by atoms with Crippen LogP contribution in [0.2, 0.25) is 0 Å². The van der Waals surface area contributed by atoms with Crippen LogP contribution in [0.5, 0.6) is 0 Å². The van der Waals surface area contributed by atoms with Crippen molar-refractivity contribution in [3.63, 3.8) is 0 Å². The van der Waals surface area contributed by atoms with E-state index >= 15 is 0 Å².